The number of aliphatic hydroxyl groups excluding tert-OH is 1. The molecule has 0 aromatic carbocycles. The third kappa shape index (κ3) is 3.05. The topological polar surface area (TPSA) is 93.5 Å². The molecule has 0 amide bonds. The van der Waals surface area contributed by atoms with Crippen molar-refractivity contribution in [3.05, 3.63) is 33.1 Å². The molecule has 0 radical (unpaired) electrons. The summed E-state index contributed by atoms with van der Waals surface area (Å²) in [6, 6.07) is 1.23. The van der Waals surface area contributed by atoms with E-state index in [4.69, 9.17) is 9.47 Å². The zero-order valence-corrected chi connectivity index (χ0v) is 10.3. The fourth-order valence-electron chi connectivity index (χ4n) is 1.89. The molecule has 1 aromatic rings. The number of H-pyrrole nitrogens is 1. The molecule has 1 aliphatic rings. The molecular weight excluding hydrogens is 252 g/mol. The maximum absolute atomic E-state index is 11.6. The Balaban J connectivity index is 2.09. The first-order valence-electron chi connectivity index (χ1n) is 5.80. The van der Waals surface area contributed by atoms with Crippen LogP contribution in [0.2, 0.25) is 0 Å². The number of ether oxygens (including phenoxy) is 2. The van der Waals surface area contributed by atoms with E-state index in [2.05, 4.69) is 17.0 Å². The van der Waals surface area contributed by atoms with Crippen molar-refractivity contribution < 1.29 is 14.6 Å². The van der Waals surface area contributed by atoms with Crippen molar-refractivity contribution in [3.8, 4) is 12.0 Å². The zero-order valence-electron chi connectivity index (χ0n) is 10.3. The van der Waals surface area contributed by atoms with Gasteiger partial charge in [0.1, 0.15) is 25.0 Å². The van der Waals surface area contributed by atoms with Crippen LogP contribution in [0.5, 0.6) is 0 Å². The highest BCUT2D eigenvalue weighted by atomic mass is 16.6. The average Bonchev–Trinajstić information content (AvgIpc) is 2.71. The third-order valence-electron chi connectivity index (χ3n) is 2.79. The molecule has 1 aromatic heterocycles. The summed E-state index contributed by atoms with van der Waals surface area (Å²) in [5.74, 6) is 2.56. The molecule has 2 N–H and O–H groups in total. The minimum atomic E-state index is -0.748. The molecule has 1 unspecified atom stereocenters. The molecule has 2 rings (SSSR count). The van der Waals surface area contributed by atoms with Gasteiger partial charge in [-0.3, -0.25) is 14.3 Å². The minimum absolute atomic E-state index is 0.122. The first-order chi connectivity index (χ1) is 9.11. The van der Waals surface area contributed by atoms with Crippen molar-refractivity contribution in [1.82, 2.24) is 9.55 Å². The Morgan fingerprint density at radius 1 is 1.63 bits per heavy atom. The lowest BCUT2D eigenvalue weighted by Crippen LogP contribution is -2.31. The quantitative estimate of drug-likeness (QED) is 0.697. The molecule has 0 spiro atoms. The monoisotopic (exact) mass is 266 g/mol. The van der Waals surface area contributed by atoms with E-state index in [0.29, 0.717) is 0 Å². The third-order valence-corrected chi connectivity index (χ3v) is 2.79. The summed E-state index contributed by atoms with van der Waals surface area (Å²) in [4.78, 5) is 24.7. The lowest BCUT2D eigenvalue weighted by molar-refractivity contribution is -0.0458. The lowest BCUT2D eigenvalue weighted by Gasteiger charge is -2.14. The molecule has 102 valence electrons. The number of nitrogens with zero attached hydrogens (tertiary/aromatic N) is 1. The van der Waals surface area contributed by atoms with Gasteiger partial charge >= 0.3 is 5.69 Å². The van der Waals surface area contributed by atoms with E-state index in [1.54, 1.807) is 6.92 Å². The molecule has 2 heterocycles. The fourth-order valence-corrected chi connectivity index (χ4v) is 1.89. The number of nitrogens with one attached hydrogen (secondary N) is 1. The molecule has 19 heavy (non-hydrogen) atoms. The van der Waals surface area contributed by atoms with E-state index >= 15 is 0 Å². The van der Waals surface area contributed by atoms with E-state index in [-0.39, 0.29) is 13.0 Å². The van der Waals surface area contributed by atoms with Gasteiger partial charge in [-0.2, -0.15) is 0 Å². The normalized spacial score (nSPS) is 25.7. The number of rotatable bonds is 3. The van der Waals surface area contributed by atoms with Gasteiger partial charge in [-0.1, -0.05) is 5.92 Å². The van der Waals surface area contributed by atoms with E-state index in [0.717, 1.165) is 0 Å². The van der Waals surface area contributed by atoms with Gasteiger partial charge in [0.2, 0.25) is 0 Å². The summed E-state index contributed by atoms with van der Waals surface area (Å²) >= 11 is 0. The van der Waals surface area contributed by atoms with Crippen LogP contribution < -0.4 is 11.2 Å². The molecule has 1 fully saturated rings. The van der Waals surface area contributed by atoms with Crippen molar-refractivity contribution in [2.24, 2.45) is 0 Å². The molecule has 7 nitrogen and oxygen atoms in total. The van der Waals surface area contributed by atoms with Crippen LogP contribution in [-0.2, 0) is 9.47 Å². The summed E-state index contributed by atoms with van der Waals surface area (Å²) in [6.45, 7) is 1.76. The number of hydrogen-bond acceptors (Lipinski definition) is 5. The second kappa shape index (κ2) is 5.73. The van der Waals surface area contributed by atoms with E-state index in [1.807, 2.05) is 0 Å². The summed E-state index contributed by atoms with van der Waals surface area (Å²) in [5, 5.41) is 9.82. The maximum Gasteiger partial charge on any atom is 0.330 e. The van der Waals surface area contributed by atoms with Crippen LogP contribution in [-0.4, -0.2) is 33.5 Å². The summed E-state index contributed by atoms with van der Waals surface area (Å²) in [5.41, 5.74) is -1.04. The molecule has 1 saturated heterocycles. The summed E-state index contributed by atoms with van der Waals surface area (Å²) < 4.78 is 11.7. The van der Waals surface area contributed by atoms with Crippen molar-refractivity contribution in [1.29, 1.82) is 0 Å². The Morgan fingerprint density at radius 3 is 3.11 bits per heavy atom. The molecule has 0 saturated carbocycles. The Labute approximate surface area is 108 Å². The van der Waals surface area contributed by atoms with Gasteiger partial charge in [0, 0.05) is 25.6 Å². The molecule has 7 heteroatoms. The Morgan fingerprint density at radius 2 is 2.42 bits per heavy atom. The largest absolute Gasteiger partial charge is 0.444 e. The summed E-state index contributed by atoms with van der Waals surface area (Å²) in [6.07, 6.45) is 2.08. The van der Waals surface area contributed by atoms with E-state index in [1.165, 1.54) is 16.8 Å². The van der Waals surface area contributed by atoms with Crippen LogP contribution in [0.15, 0.2) is 21.9 Å². The Hall–Kier alpha value is -2.04. The van der Waals surface area contributed by atoms with Crippen LogP contribution >= 0.6 is 0 Å². The standard InChI is InChI=1S/C12H14N2O5/c1-2-5-18-7-9-8(15)6-11(19-9)14-4-3-10(16)13-12(14)17/h3-4,8-9,11,15H,6-7H2,1H3,(H,13,16,17)/t8?,9-,11-/m0/s1. The smallest absolute Gasteiger partial charge is 0.330 e. The first-order valence-corrected chi connectivity index (χ1v) is 5.80. The number of hydrogen-bond donors (Lipinski definition) is 2. The first kappa shape index (κ1) is 13.4. The predicted octanol–water partition coefficient (Wildman–Crippen LogP) is -0.818. The van der Waals surface area contributed by atoms with Gasteiger partial charge in [0.15, 0.2) is 0 Å². The number of aliphatic hydroxyl groups is 1. The summed E-state index contributed by atoms with van der Waals surface area (Å²) in [7, 11) is 0. The van der Waals surface area contributed by atoms with Gasteiger partial charge in [0.25, 0.3) is 5.56 Å². The fraction of sp³-hybridized carbons (Fsp3) is 0.500. The highest BCUT2D eigenvalue weighted by molar-refractivity contribution is 4.90. The molecule has 0 bridgehead atoms. The maximum atomic E-state index is 11.6. The number of aromatic nitrogens is 2. The SMILES string of the molecule is CC#COC[C@@H]1O[C@H](n2ccc(=O)[nH]c2=O)CC1O. The van der Waals surface area contributed by atoms with E-state index in [9.17, 15) is 14.7 Å². The van der Waals surface area contributed by atoms with Gasteiger partial charge in [-0.15, -0.1) is 0 Å². The van der Waals surface area contributed by atoms with Crippen molar-refractivity contribution in [3.63, 3.8) is 0 Å². The van der Waals surface area contributed by atoms with Gasteiger partial charge in [0.05, 0.1) is 6.10 Å². The average molecular weight is 266 g/mol. The van der Waals surface area contributed by atoms with Crippen molar-refractivity contribution in [2.45, 2.75) is 31.8 Å². The van der Waals surface area contributed by atoms with Crippen LogP contribution in [0.3, 0.4) is 0 Å². The second-order valence-electron chi connectivity index (χ2n) is 4.11. The lowest BCUT2D eigenvalue weighted by atomic mass is 10.2. The number of aromatic amines is 1. The van der Waals surface area contributed by atoms with Crippen LogP contribution in [0.1, 0.15) is 19.6 Å². The Bertz CT molecular complexity index is 609. The molecule has 1 aliphatic heterocycles. The van der Waals surface area contributed by atoms with Crippen LogP contribution in [0.25, 0.3) is 0 Å². The molecular formula is C12H14N2O5. The second-order valence-corrected chi connectivity index (χ2v) is 4.11. The zero-order chi connectivity index (χ0) is 13.8. The van der Waals surface area contributed by atoms with Crippen LogP contribution in [0.4, 0.5) is 0 Å². The Kier molecular flexibility index (Phi) is 4.04. The van der Waals surface area contributed by atoms with Crippen molar-refractivity contribution >= 4 is 0 Å². The van der Waals surface area contributed by atoms with E-state index < -0.39 is 29.7 Å². The predicted molar refractivity (Wildman–Crippen MR) is 65.3 cm³/mol. The molecule has 0 aliphatic carbocycles. The van der Waals surface area contributed by atoms with Gasteiger partial charge in [-0.05, 0) is 0 Å². The van der Waals surface area contributed by atoms with Gasteiger partial charge < -0.3 is 14.6 Å². The van der Waals surface area contributed by atoms with Gasteiger partial charge in [-0.25, -0.2) is 4.79 Å². The van der Waals surface area contributed by atoms with Crippen molar-refractivity contribution in [2.75, 3.05) is 6.61 Å². The van der Waals surface area contributed by atoms with Crippen LogP contribution in [0, 0.1) is 12.0 Å². The highest BCUT2D eigenvalue weighted by Gasteiger charge is 2.35. The minimum Gasteiger partial charge on any atom is -0.444 e. The molecule has 3 atom stereocenters. The highest BCUT2D eigenvalue weighted by Crippen LogP contribution is 2.27.